The summed E-state index contributed by atoms with van der Waals surface area (Å²) in [6.07, 6.45) is -3.50. The maximum absolute atomic E-state index is 11.6. The molecule has 0 aromatic rings. The van der Waals surface area contributed by atoms with Gasteiger partial charge in [-0.05, 0) is 13.0 Å². The fraction of sp³-hybridized carbons (Fsp3) is 0.333. The topological polar surface area (TPSA) is 26.0 Å². The van der Waals surface area contributed by atoms with Gasteiger partial charge in [0.25, 0.3) is 0 Å². The van der Waals surface area contributed by atoms with Crippen LogP contribution in [0.3, 0.4) is 0 Å². The van der Waals surface area contributed by atoms with E-state index in [0.717, 1.165) is 13.0 Å². The van der Waals surface area contributed by atoms with E-state index in [9.17, 15) is 13.2 Å². The third-order valence-corrected chi connectivity index (χ3v) is 0.849. The van der Waals surface area contributed by atoms with Gasteiger partial charge < -0.3 is 5.73 Å². The van der Waals surface area contributed by atoms with Crippen molar-refractivity contribution < 1.29 is 13.2 Å². The number of hydrogen-bond acceptors (Lipinski definition) is 1. The molecule has 1 nitrogen and oxygen atoms in total. The Labute approximate surface area is 57.0 Å². The minimum absolute atomic E-state index is 0.0881. The fourth-order valence-corrected chi connectivity index (χ4v) is 0.360. The van der Waals surface area contributed by atoms with Crippen molar-refractivity contribution in [3.05, 3.63) is 23.9 Å². The minimum Gasteiger partial charge on any atom is -0.399 e. The summed E-state index contributed by atoms with van der Waals surface area (Å²) < 4.78 is 34.9. The summed E-state index contributed by atoms with van der Waals surface area (Å²) in [7, 11) is 0. The van der Waals surface area contributed by atoms with E-state index in [2.05, 4.69) is 6.58 Å². The van der Waals surface area contributed by atoms with Crippen LogP contribution in [0.2, 0.25) is 0 Å². The molecule has 0 aromatic carbocycles. The summed E-state index contributed by atoms with van der Waals surface area (Å²) in [5, 5.41) is 0. The van der Waals surface area contributed by atoms with Crippen LogP contribution in [0.15, 0.2) is 23.9 Å². The first-order chi connectivity index (χ1) is 4.34. The van der Waals surface area contributed by atoms with Crippen molar-refractivity contribution in [1.29, 1.82) is 0 Å². The molecule has 0 saturated carbocycles. The molecule has 0 amide bonds. The van der Waals surface area contributed by atoms with Gasteiger partial charge in [0.2, 0.25) is 0 Å². The standard InChI is InChI=1S/C6H8F3N/c1-4(3-5(2)10)6(7,8)9/h3H,2,10H2,1H3/b4-3+. The molecule has 0 unspecified atom stereocenters. The predicted octanol–water partition coefficient (Wildman–Crippen LogP) is 1.97. The van der Waals surface area contributed by atoms with E-state index in [0.29, 0.717) is 0 Å². The molecule has 0 rings (SSSR count). The molecule has 0 fully saturated rings. The van der Waals surface area contributed by atoms with Crippen LogP contribution in [-0.2, 0) is 0 Å². The van der Waals surface area contributed by atoms with E-state index < -0.39 is 11.7 Å². The average Bonchev–Trinajstić information content (AvgIpc) is 1.60. The molecule has 0 radical (unpaired) electrons. The first-order valence-electron chi connectivity index (χ1n) is 2.54. The van der Waals surface area contributed by atoms with Crippen molar-refractivity contribution >= 4 is 0 Å². The summed E-state index contributed by atoms with van der Waals surface area (Å²) in [5.41, 5.74) is 4.09. The molecule has 58 valence electrons. The van der Waals surface area contributed by atoms with Crippen LogP contribution in [0, 0.1) is 0 Å². The molecule has 0 atom stereocenters. The summed E-state index contributed by atoms with van der Waals surface area (Å²) in [5.74, 6) is 0. The van der Waals surface area contributed by atoms with Gasteiger partial charge in [0.1, 0.15) is 0 Å². The van der Waals surface area contributed by atoms with Gasteiger partial charge in [0, 0.05) is 11.3 Å². The molecule has 10 heavy (non-hydrogen) atoms. The van der Waals surface area contributed by atoms with Crippen molar-refractivity contribution in [2.45, 2.75) is 13.1 Å². The highest BCUT2D eigenvalue weighted by Gasteiger charge is 2.29. The second kappa shape index (κ2) is 2.77. The van der Waals surface area contributed by atoms with E-state index >= 15 is 0 Å². The molecule has 2 N–H and O–H groups in total. The quantitative estimate of drug-likeness (QED) is 0.569. The molecule has 0 aliphatic rings. The number of rotatable bonds is 1. The van der Waals surface area contributed by atoms with E-state index in [1.807, 2.05) is 0 Å². The van der Waals surface area contributed by atoms with Gasteiger partial charge in [-0.1, -0.05) is 6.58 Å². The molecular formula is C6H8F3N. The number of hydrogen-bond donors (Lipinski definition) is 1. The summed E-state index contributed by atoms with van der Waals surface area (Å²) in [6, 6.07) is 0. The predicted molar refractivity (Wildman–Crippen MR) is 33.1 cm³/mol. The van der Waals surface area contributed by atoms with Crippen LogP contribution in [-0.4, -0.2) is 6.18 Å². The molecular weight excluding hydrogens is 143 g/mol. The summed E-state index contributed by atoms with van der Waals surface area (Å²) in [6.45, 7) is 4.05. The SMILES string of the molecule is C=C(N)/C=C(\C)C(F)(F)F. The summed E-state index contributed by atoms with van der Waals surface area (Å²) >= 11 is 0. The summed E-state index contributed by atoms with van der Waals surface area (Å²) in [4.78, 5) is 0. The number of nitrogens with two attached hydrogens (primary N) is 1. The van der Waals surface area contributed by atoms with Crippen molar-refractivity contribution in [1.82, 2.24) is 0 Å². The van der Waals surface area contributed by atoms with Crippen molar-refractivity contribution in [2.75, 3.05) is 0 Å². The molecule has 0 aliphatic carbocycles. The van der Waals surface area contributed by atoms with Crippen molar-refractivity contribution in [3.8, 4) is 0 Å². The maximum atomic E-state index is 11.6. The Morgan fingerprint density at radius 3 is 2.00 bits per heavy atom. The average molecular weight is 151 g/mol. The molecule has 0 aliphatic heterocycles. The van der Waals surface area contributed by atoms with Gasteiger partial charge in [-0.3, -0.25) is 0 Å². The van der Waals surface area contributed by atoms with Gasteiger partial charge >= 0.3 is 6.18 Å². The van der Waals surface area contributed by atoms with Crippen LogP contribution in [0.4, 0.5) is 13.2 Å². The first kappa shape index (κ1) is 9.07. The minimum atomic E-state index is -4.29. The second-order valence-electron chi connectivity index (χ2n) is 1.90. The lowest BCUT2D eigenvalue weighted by molar-refractivity contribution is -0.0913. The third-order valence-electron chi connectivity index (χ3n) is 0.849. The van der Waals surface area contributed by atoms with E-state index in [1.54, 1.807) is 0 Å². The Balaban J connectivity index is 4.35. The Kier molecular flexibility index (Phi) is 2.51. The molecule has 0 bridgehead atoms. The van der Waals surface area contributed by atoms with Gasteiger partial charge in [-0.25, -0.2) is 0 Å². The van der Waals surface area contributed by atoms with Crippen LogP contribution in [0.1, 0.15) is 6.92 Å². The van der Waals surface area contributed by atoms with E-state index in [-0.39, 0.29) is 5.70 Å². The number of allylic oxidation sites excluding steroid dienone is 2. The molecule has 4 heteroatoms. The smallest absolute Gasteiger partial charge is 0.399 e. The van der Waals surface area contributed by atoms with Crippen LogP contribution >= 0.6 is 0 Å². The fourth-order valence-electron chi connectivity index (χ4n) is 0.360. The van der Waals surface area contributed by atoms with Crippen molar-refractivity contribution in [2.24, 2.45) is 5.73 Å². The van der Waals surface area contributed by atoms with Gasteiger partial charge in [0.05, 0.1) is 0 Å². The first-order valence-corrected chi connectivity index (χ1v) is 2.54. The Bertz CT molecular complexity index is 166. The van der Waals surface area contributed by atoms with Crippen molar-refractivity contribution in [3.63, 3.8) is 0 Å². The van der Waals surface area contributed by atoms with Crippen LogP contribution < -0.4 is 5.73 Å². The lowest BCUT2D eigenvalue weighted by atomic mass is 10.2. The normalized spacial score (nSPS) is 13.4. The Morgan fingerprint density at radius 2 is 1.90 bits per heavy atom. The van der Waals surface area contributed by atoms with E-state index in [1.165, 1.54) is 0 Å². The zero-order chi connectivity index (χ0) is 8.36. The second-order valence-corrected chi connectivity index (χ2v) is 1.90. The number of halogens is 3. The maximum Gasteiger partial charge on any atom is 0.412 e. The number of alkyl halides is 3. The Hall–Kier alpha value is -0.930. The van der Waals surface area contributed by atoms with Crippen LogP contribution in [0.5, 0.6) is 0 Å². The highest BCUT2D eigenvalue weighted by atomic mass is 19.4. The third kappa shape index (κ3) is 3.17. The molecule has 0 heterocycles. The van der Waals surface area contributed by atoms with Gasteiger partial charge in [-0.2, -0.15) is 13.2 Å². The highest BCUT2D eigenvalue weighted by molar-refractivity contribution is 5.19. The molecule has 0 saturated heterocycles. The zero-order valence-electron chi connectivity index (χ0n) is 5.50. The van der Waals surface area contributed by atoms with E-state index in [4.69, 9.17) is 5.73 Å². The molecule has 0 aromatic heterocycles. The van der Waals surface area contributed by atoms with Gasteiger partial charge in [0.15, 0.2) is 0 Å². The zero-order valence-corrected chi connectivity index (χ0v) is 5.50. The lowest BCUT2D eigenvalue weighted by Gasteiger charge is -2.04. The lowest BCUT2D eigenvalue weighted by Crippen LogP contribution is -2.09. The largest absolute Gasteiger partial charge is 0.412 e. The molecule has 0 spiro atoms. The monoisotopic (exact) mass is 151 g/mol. The Morgan fingerprint density at radius 1 is 1.50 bits per heavy atom. The highest BCUT2D eigenvalue weighted by Crippen LogP contribution is 2.24. The van der Waals surface area contributed by atoms with Gasteiger partial charge in [-0.15, -0.1) is 0 Å². The van der Waals surface area contributed by atoms with Crippen LogP contribution in [0.25, 0.3) is 0 Å².